The molecule has 0 unspecified atom stereocenters. The smallest absolute Gasteiger partial charge is 0.104 e. The van der Waals surface area contributed by atoms with E-state index in [9.17, 15) is 0 Å². The van der Waals surface area contributed by atoms with Crippen molar-refractivity contribution >= 4 is 17.2 Å². The summed E-state index contributed by atoms with van der Waals surface area (Å²) in [6.07, 6.45) is 1.32. The zero-order valence-corrected chi connectivity index (χ0v) is 8.76. The Labute approximate surface area is 83.7 Å². The van der Waals surface area contributed by atoms with Crippen LogP contribution in [-0.4, -0.2) is 16.2 Å². The van der Waals surface area contributed by atoms with Gasteiger partial charge < -0.3 is 10.4 Å². The predicted molar refractivity (Wildman–Crippen MR) is 60.1 cm³/mol. The highest BCUT2D eigenvalue weighted by molar-refractivity contribution is 5.95. The van der Waals surface area contributed by atoms with Gasteiger partial charge in [-0.1, -0.05) is 26.0 Å². The summed E-state index contributed by atoms with van der Waals surface area (Å²) in [5.74, 6) is 0.888. The molecule has 2 rings (SSSR count). The Kier molecular flexibility index (Phi) is 3.40. The first-order chi connectivity index (χ1) is 6.81. The number of hydrogen-bond acceptors (Lipinski definition) is 2. The number of imidazole rings is 1. The van der Waals surface area contributed by atoms with Crippen molar-refractivity contribution in [2.45, 2.75) is 20.8 Å². The van der Waals surface area contributed by atoms with E-state index >= 15 is 0 Å². The van der Waals surface area contributed by atoms with Crippen molar-refractivity contribution in [3.8, 4) is 0 Å². The molecule has 74 valence electrons. The Morgan fingerprint density at radius 3 is 2.71 bits per heavy atom. The number of rotatable bonds is 1. The van der Waals surface area contributed by atoms with Crippen molar-refractivity contribution < 1.29 is 0 Å². The van der Waals surface area contributed by atoms with Crippen LogP contribution in [0.2, 0.25) is 0 Å². The summed E-state index contributed by atoms with van der Waals surface area (Å²) < 4.78 is 0. The lowest BCUT2D eigenvalue weighted by atomic mass is 10.2. The topological polar surface area (TPSA) is 52.5 Å². The lowest BCUT2D eigenvalue weighted by Crippen LogP contribution is -1.81. The van der Waals surface area contributed by atoms with Crippen LogP contribution in [0.25, 0.3) is 11.0 Å². The van der Waals surface area contributed by atoms with E-state index in [4.69, 9.17) is 5.41 Å². The molecule has 2 N–H and O–H groups in total. The third-order valence-electron chi connectivity index (χ3n) is 1.82. The SMILES string of the molecule is CC.Cc1nc2c(C=N)cccc2[nH]1. The molecule has 0 bridgehead atoms. The Hall–Kier alpha value is -1.64. The molecule has 0 fully saturated rings. The molecule has 0 saturated heterocycles. The fourth-order valence-electron chi connectivity index (χ4n) is 1.29. The van der Waals surface area contributed by atoms with Gasteiger partial charge in [-0.3, -0.25) is 0 Å². The molecule has 2 aromatic rings. The molecular weight excluding hydrogens is 174 g/mol. The quantitative estimate of drug-likeness (QED) is 0.666. The molecule has 3 heteroatoms. The van der Waals surface area contributed by atoms with Crippen molar-refractivity contribution in [2.75, 3.05) is 0 Å². The Bertz CT molecular complexity index is 429. The van der Waals surface area contributed by atoms with E-state index < -0.39 is 0 Å². The van der Waals surface area contributed by atoms with Crippen LogP contribution in [-0.2, 0) is 0 Å². The Balaban J connectivity index is 0.000000461. The van der Waals surface area contributed by atoms with Crippen LogP contribution >= 0.6 is 0 Å². The lowest BCUT2D eigenvalue weighted by molar-refractivity contribution is 1.17. The van der Waals surface area contributed by atoms with Gasteiger partial charge in [-0.15, -0.1) is 0 Å². The molecule has 0 radical (unpaired) electrons. The number of aromatic nitrogens is 2. The number of nitrogens with zero attached hydrogens (tertiary/aromatic N) is 1. The van der Waals surface area contributed by atoms with Gasteiger partial charge in [0.1, 0.15) is 5.82 Å². The first-order valence-corrected chi connectivity index (χ1v) is 4.77. The van der Waals surface area contributed by atoms with Gasteiger partial charge in [-0.05, 0) is 13.0 Å². The second kappa shape index (κ2) is 4.56. The van der Waals surface area contributed by atoms with Gasteiger partial charge >= 0.3 is 0 Å². The molecule has 0 aliphatic carbocycles. The monoisotopic (exact) mass is 189 g/mol. The largest absolute Gasteiger partial charge is 0.342 e. The number of fused-ring (bicyclic) bond motifs is 1. The van der Waals surface area contributed by atoms with Crippen LogP contribution in [0.3, 0.4) is 0 Å². The summed E-state index contributed by atoms with van der Waals surface area (Å²) in [5, 5.41) is 7.16. The van der Waals surface area contributed by atoms with Crippen LogP contribution in [0.4, 0.5) is 0 Å². The molecule has 0 aliphatic heterocycles. The third-order valence-corrected chi connectivity index (χ3v) is 1.82. The molecule has 0 saturated carbocycles. The summed E-state index contributed by atoms with van der Waals surface area (Å²) >= 11 is 0. The number of hydrogen-bond donors (Lipinski definition) is 2. The summed E-state index contributed by atoms with van der Waals surface area (Å²) in [6, 6.07) is 5.76. The normalized spacial score (nSPS) is 9.36. The molecule has 1 aromatic heterocycles. The predicted octanol–water partition coefficient (Wildman–Crippen LogP) is 2.90. The van der Waals surface area contributed by atoms with Crippen LogP contribution in [0, 0.1) is 12.3 Å². The second-order valence-electron chi connectivity index (χ2n) is 2.71. The van der Waals surface area contributed by atoms with Crippen LogP contribution < -0.4 is 0 Å². The molecular formula is C11H15N3. The number of aromatic amines is 1. The van der Waals surface area contributed by atoms with Gasteiger partial charge in [-0.25, -0.2) is 4.98 Å². The van der Waals surface area contributed by atoms with Gasteiger partial charge in [-0.2, -0.15) is 0 Å². The molecule has 0 aliphatic rings. The zero-order valence-electron chi connectivity index (χ0n) is 8.76. The fourth-order valence-corrected chi connectivity index (χ4v) is 1.29. The second-order valence-corrected chi connectivity index (χ2v) is 2.71. The molecule has 0 atom stereocenters. The first kappa shape index (κ1) is 10.4. The number of H-pyrrole nitrogens is 1. The van der Waals surface area contributed by atoms with Gasteiger partial charge in [0.15, 0.2) is 0 Å². The van der Waals surface area contributed by atoms with Gasteiger partial charge in [0.25, 0.3) is 0 Å². The van der Waals surface area contributed by atoms with Crippen molar-refractivity contribution in [3.63, 3.8) is 0 Å². The van der Waals surface area contributed by atoms with Crippen molar-refractivity contribution in [2.24, 2.45) is 0 Å². The van der Waals surface area contributed by atoms with Crippen molar-refractivity contribution in [3.05, 3.63) is 29.6 Å². The molecule has 1 aromatic carbocycles. The molecule has 1 heterocycles. The summed E-state index contributed by atoms with van der Waals surface area (Å²) in [6.45, 7) is 5.91. The highest BCUT2D eigenvalue weighted by Crippen LogP contribution is 2.13. The summed E-state index contributed by atoms with van der Waals surface area (Å²) in [4.78, 5) is 7.40. The first-order valence-electron chi connectivity index (χ1n) is 4.77. The average molecular weight is 189 g/mol. The zero-order chi connectivity index (χ0) is 10.6. The molecule has 14 heavy (non-hydrogen) atoms. The molecule has 3 nitrogen and oxygen atoms in total. The minimum absolute atomic E-state index is 0.858. The summed E-state index contributed by atoms with van der Waals surface area (Å²) in [7, 11) is 0. The average Bonchev–Trinajstić information content (AvgIpc) is 2.60. The molecule has 0 amide bonds. The maximum Gasteiger partial charge on any atom is 0.104 e. The van der Waals surface area contributed by atoms with Crippen molar-refractivity contribution in [1.82, 2.24) is 9.97 Å². The maximum absolute atomic E-state index is 7.16. The van der Waals surface area contributed by atoms with Crippen LogP contribution in [0.5, 0.6) is 0 Å². The van der Waals surface area contributed by atoms with E-state index in [-0.39, 0.29) is 0 Å². The Morgan fingerprint density at radius 2 is 2.07 bits per heavy atom. The standard InChI is InChI=1S/C9H9N3.C2H6/c1-6-11-8-4-2-3-7(5-10)9(8)12-6;1-2/h2-5,10H,1H3,(H,11,12);1-2H3. The highest BCUT2D eigenvalue weighted by Gasteiger charge is 2.01. The number of aryl methyl sites for hydroxylation is 1. The van der Waals surface area contributed by atoms with E-state index in [1.165, 1.54) is 6.21 Å². The maximum atomic E-state index is 7.16. The Morgan fingerprint density at radius 1 is 1.36 bits per heavy atom. The molecule has 0 spiro atoms. The van der Waals surface area contributed by atoms with E-state index in [1.54, 1.807) is 0 Å². The minimum Gasteiger partial charge on any atom is -0.342 e. The van der Waals surface area contributed by atoms with Gasteiger partial charge in [0.05, 0.1) is 11.0 Å². The van der Waals surface area contributed by atoms with Gasteiger partial charge in [0.2, 0.25) is 0 Å². The van der Waals surface area contributed by atoms with Crippen LogP contribution in [0.15, 0.2) is 18.2 Å². The highest BCUT2D eigenvalue weighted by atomic mass is 14.9. The summed E-state index contributed by atoms with van der Waals surface area (Å²) in [5.41, 5.74) is 2.73. The number of benzene rings is 1. The van der Waals surface area contributed by atoms with E-state index in [0.717, 1.165) is 22.4 Å². The van der Waals surface area contributed by atoms with Crippen molar-refractivity contribution in [1.29, 1.82) is 5.41 Å². The van der Waals surface area contributed by atoms with E-state index in [1.807, 2.05) is 39.0 Å². The number of para-hydroxylation sites is 1. The lowest BCUT2D eigenvalue weighted by Gasteiger charge is -1.91. The van der Waals surface area contributed by atoms with E-state index in [0.29, 0.717) is 0 Å². The van der Waals surface area contributed by atoms with Crippen LogP contribution in [0.1, 0.15) is 25.2 Å². The third kappa shape index (κ3) is 1.82. The fraction of sp³-hybridized carbons (Fsp3) is 0.273. The van der Waals surface area contributed by atoms with Gasteiger partial charge in [0, 0.05) is 11.8 Å². The van der Waals surface area contributed by atoms with E-state index in [2.05, 4.69) is 9.97 Å². The minimum atomic E-state index is 0.858. The number of nitrogens with one attached hydrogen (secondary N) is 2.